The molecule has 3 aromatic rings. The number of hydrogen-bond donors (Lipinski definition) is 1. The second-order valence-electron chi connectivity index (χ2n) is 8.55. The maximum absolute atomic E-state index is 13.6. The van der Waals surface area contributed by atoms with Crippen molar-refractivity contribution in [1.82, 2.24) is 24.6 Å². The normalized spacial score (nSPS) is 17.8. The third kappa shape index (κ3) is 4.49. The van der Waals surface area contributed by atoms with Crippen molar-refractivity contribution in [1.29, 1.82) is 0 Å². The summed E-state index contributed by atoms with van der Waals surface area (Å²) in [5.74, 6) is 0.314. The summed E-state index contributed by atoms with van der Waals surface area (Å²) < 4.78 is 66.5. The number of halogens is 3. The van der Waals surface area contributed by atoms with Gasteiger partial charge in [0.15, 0.2) is 9.84 Å². The molecule has 0 spiro atoms. The Morgan fingerprint density at radius 1 is 1.24 bits per heavy atom. The molecule has 0 amide bonds. The summed E-state index contributed by atoms with van der Waals surface area (Å²) >= 11 is 0.893. The van der Waals surface area contributed by atoms with E-state index in [-0.39, 0.29) is 27.5 Å². The number of sulfone groups is 1. The zero-order valence-corrected chi connectivity index (χ0v) is 19.4. The summed E-state index contributed by atoms with van der Waals surface area (Å²) in [4.78, 5) is 10.3. The number of likely N-dealkylation sites (tertiary alicyclic amines) is 1. The van der Waals surface area contributed by atoms with Crippen LogP contribution in [-0.4, -0.2) is 59.5 Å². The van der Waals surface area contributed by atoms with Gasteiger partial charge in [0.1, 0.15) is 5.56 Å². The topological polar surface area (TPSA) is 93.0 Å². The van der Waals surface area contributed by atoms with E-state index in [2.05, 4.69) is 20.2 Å². The minimum absolute atomic E-state index is 0.000479. The van der Waals surface area contributed by atoms with Crippen LogP contribution in [0.1, 0.15) is 36.1 Å². The molecule has 5 rings (SSSR count). The number of nitrogens with one attached hydrogen (secondary N) is 1. The van der Waals surface area contributed by atoms with E-state index in [1.807, 2.05) is 17.9 Å². The first-order chi connectivity index (χ1) is 15.5. The zero-order valence-electron chi connectivity index (χ0n) is 17.8. The lowest BCUT2D eigenvalue weighted by Gasteiger charge is -2.36. The van der Waals surface area contributed by atoms with Crippen LogP contribution >= 0.6 is 11.3 Å². The zero-order chi connectivity index (χ0) is 23.5. The lowest BCUT2D eigenvalue weighted by Crippen LogP contribution is -2.45. The summed E-state index contributed by atoms with van der Waals surface area (Å²) in [6.45, 7) is 1.76. The quantitative estimate of drug-likeness (QED) is 0.550. The smallest absolute Gasteiger partial charge is 0.321 e. The van der Waals surface area contributed by atoms with Gasteiger partial charge in [-0.2, -0.15) is 18.3 Å². The maximum atomic E-state index is 13.6. The second kappa shape index (κ2) is 7.77. The molecule has 4 heterocycles. The SMILES string of the molecule is CN1CC(n2cc(Nc3ncc(C(F)(F)F)c(-c4cc(S(C)(=O)=O)cs4)n3)c(C3CC3)n2)C1. The Kier molecular flexibility index (Phi) is 5.25. The van der Waals surface area contributed by atoms with Crippen LogP contribution in [0.5, 0.6) is 0 Å². The molecule has 1 N–H and O–H groups in total. The van der Waals surface area contributed by atoms with Crippen molar-refractivity contribution in [3.8, 4) is 10.6 Å². The van der Waals surface area contributed by atoms with Gasteiger partial charge in [0.2, 0.25) is 5.95 Å². The molecule has 0 atom stereocenters. The largest absolute Gasteiger partial charge is 0.420 e. The summed E-state index contributed by atoms with van der Waals surface area (Å²) in [5, 5.41) is 9.08. The standard InChI is InChI=1S/C20H21F3N6O2S2/c1-28-7-12(8-28)29-9-15(17(27-29)11-3-4-11)25-19-24-6-14(20(21,22)23)18(26-19)16-5-13(10-32-16)33(2,30)31/h5-6,9-12H,3-4,7-8H2,1-2H3,(H,24,25,26). The van der Waals surface area contributed by atoms with Gasteiger partial charge in [0.25, 0.3) is 0 Å². The van der Waals surface area contributed by atoms with Crippen LogP contribution in [0.2, 0.25) is 0 Å². The van der Waals surface area contributed by atoms with Crippen LogP contribution in [0.3, 0.4) is 0 Å². The molecule has 1 aliphatic carbocycles. The van der Waals surface area contributed by atoms with Gasteiger partial charge >= 0.3 is 6.18 Å². The van der Waals surface area contributed by atoms with E-state index in [9.17, 15) is 21.6 Å². The minimum Gasteiger partial charge on any atom is -0.321 e. The van der Waals surface area contributed by atoms with Gasteiger partial charge in [-0.1, -0.05) is 0 Å². The van der Waals surface area contributed by atoms with Crippen LogP contribution in [-0.2, 0) is 16.0 Å². The average molecular weight is 499 g/mol. The van der Waals surface area contributed by atoms with Gasteiger partial charge in [-0.25, -0.2) is 18.4 Å². The molecule has 1 aliphatic heterocycles. The van der Waals surface area contributed by atoms with Crippen LogP contribution in [0.25, 0.3) is 10.6 Å². The highest BCUT2D eigenvalue weighted by atomic mass is 32.2. The average Bonchev–Trinajstić information content (AvgIpc) is 3.25. The highest BCUT2D eigenvalue weighted by Gasteiger charge is 2.37. The first-order valence-electron chi connectivity index (χ1n) is 10.3. The minimum atomic E-state index is -4.69. The Morgan fingerprint density at radius 3 is 2.55 bits per heavy atom. The fraction of sp³-hybridized carbons (Fsp3) is 0.450. The predicted octanol–water partition coefficient (Wildman–Crippen LogP) is 3.93. The third-order valence-corrected chi connectivity index (χ3v) is 7.90. The van der Waals surface area contributed by atoms with E-state index < -0.39 is 21.6 Å². The molecular formula is C20H21F3N6O2S2. The van der Waals surface area contributed by atoms with E-state index in [1.54, 1.807) is 0 Å². The van der Waals surface area contributed by atoms with Crippen LogP contribution in [0, 0.1) is 0 Å². The van der Waals surface area contributed by atoms with Crippen molar-refractivity contribution < 1.29 is 21.6 Å². The van der Waals surface area contributed by atoms with Crippen molar-refractivity contribution in [2.45, 2.75) is 35.9 Å². The number of rotatable bonds is 6. The third-order valence-electron chi connectivity index (χ3n) is 5.72. The first kappa shape index (κ1) is 22.3. The van der Waals surface area contributed by atoms with Crippen molar-refractivity contribution in [2.24, 2.45) is 0 Å². The fourth-order valence-corrected chi connectivity index (χ4v) is 5.80. The molecule has 2 fully saturated rings. The molecule has 0 radical (unpaired) electrons. The Labute approximate surface area is 192 Å². The lowest BCUT2D eigenvalue weighted by molar-refractivity contribution is -0.137. The number of likely N-dealkylation sites (N-methyl/N-ethyl adjacent to an activating group) is 1. The van der Waals surface area contributed by atoms with E-state index >= 15 is 0 Å². The highest BCUT2D eigenvalue weighted by Crippen LogP contribution is 2.44. The maximum Gasteiger partial charge on any atom is 0.420 e. The summed E-state index contributed by atoms with van der Waals surface area (Å²) in [5.41, 5.74) is 0.164. The summed E-state index contributed by atoms with van der Waals surface area (Å²) in [6, 6.07) is 1.47. The van der Waals surface area contributed by atoms with E-state index in [0.29, 0.717) is 11.6 Å². The summed E-state index contributed by atoms with van der Waals surface area (Å²) in [7, 11) is -1.53. The van der Waals surface area contributed by atoms with Gasteiger partial charge < -0.3 is 10.2 Å². The fourth-order valence-electron chi connectivity index (χ4n) is 3.78. The molecule has 1 saturated heterocycles. The van der Waals surface area contributed by atoms with E-state index in [1.165, 1.54) is 11.4 Å². The monoisotopic (exact) mass is 498 g/mol. The first-order valence-corrected chi connectivity index (χ1v) is 13.0. The molecule has 3 aromatic heterocycles. The number of anilines is 2. The van der Waals surface area contributed by atoms with E-state index in [0.717, 1.165) is 55.4 Å². The predicted molar refractivity (Wildman–Crippen MR) is 117 cm³/mol. The number of nitrogens with zero attached hydrogens (tertiary/aromatic N) is 5. The number of thiophene rings is 1. The molecule has 0 bridgehead atoms. The second-order valence-corrected chi connectivity index (χ2v) is 11.5. The van der Waals surface area contributed by atoms with E-state index in [4.69, 9.17) is 5.10 Å². The molecule has 0 unspecified atom stereocenters. The van der Waals surface area contributed by atoms with Crippen LogP contribution in [0.15, 0.2) is 28.7 Å². The van der Waals surface area contributed by atoms with Crippen molar-refractivity contribution in [2.75, 3.05) is 31.7 Å². The summed E-state index contributed by atoms with van der Waals surface area (Å²) in [6.07, 6.45) is 0.931. The van der Waals surface area contributed by atoms with Crippen molar-refractivity contribution in [3.63, 3.8) is 0 Å². The van der Waals surface area contributed by atoms with Gasteiger partial charge in [-0.3, -0.25) is 4.68 Å². The number of alkyl halides is 3. The van der Waals surface area contributed by atoms with Gasteiger partial charge in [-0.15, -0.1) is 11.3 Å². The van der Waals surface area contributed by atoms with Gasteiger partial charge in [0, 0.05) is 43.0 Å². The lowest BCUT2D eigenvalue weighted by atomic mass is 10.1. The Bertz CT molecular complexity index is 1310. The van der Waals surface area contributed by atoms with Gasteiger partial charge in [0.05, 0.1) is 32.9 Å². The number of aromatic nitrogens is 4. The Morgan fingerprint density at radius 2 is 1.97 bits per heavy atom. The molecule has 1 saturated carbocycles. The van der Waals surface area contributed by atoms with Crippen molar-refractivity contribution in [3.05, 3.63) is 35.1 Å². The molecule has 0 aromatic carbocycles. The van der Waals surface area contributed by atoms with Crippen molar-refractivity contribution >= 4 is 32.8 Å². The van der Waals surface area contributed by atoms with Crippen LogP contribution in [0.4, 0.5) is 24.8 Å². The van der Waals surface area contributed by atoms with Crippen LogP contribution < -0.4 is 5.32 Å². The molecule has 33 heavy (non-hydrogen) atoms. The van der Waals surface area contributed by atoms with Gasteiger partial charge in [-0.05, 0) is 26.0 Å². The Balaban J connectivity index is 1.51. The highest BCUT2D eigenvalue weighted by molar-refractivity contribution is 7.90. The molecule has 176 valence electrons. The molecule has 13 heteroatoms. The molecular weight excluding hydrogens is 477 g/mol. The molecule has 8 nitrogen and oxygen atoms in total. The number of hydrogen-bond acceptors (Lipinski definition) is 8. The molecule has 2 aliphatic rings. The Hall–Kier alpha value is -2.51.